The Morgan fingerprint density at radius 3 is 2.28 bits per heavy atom. The van der Waals surface area contributed by atoms with Gasteiger partial charge < -0.3 is 15.7 Å². The Morgan fingerprint density at radius 2 is 1.56 bits per heavy atom. The predicted octanol–water partition coefficient (Wildman–Crippen LogP) is 2.42. The lowest BCUT2D eigenvalue weighted by Gasteiger charge is -2.33. The number of β-amino-alcohol motifs (C(OH)–C–C–N with tert-alkyl or cyclic N) is 1. The number of aliphatic hydroxyl groups excluding tert-OH is 1. The van der Waals surface area contributed by atoms with E-state index in [9.17, 15) is 8.42 Å². The topological polar surface area (TPSA) is 149 Å². The lowest BCUT2D eigenvalue weighted by molar-refractivity contribution is 0.151. The summed E-state index contributed by atoms with van der Waals surface area (Å²) in [6.45, 7) is 4.52. The average Bonchev–Trinajstić information content (AvgIpc) is 2.94. The molecule has 3 N–H and O–H groups in total. The van der Waals surface area contributed by atoms with Crippen LogP contribution >= 0.6 is 0 Å². The number of hydrogen-bond donors (Lipinski definition) is 3. The molecule has 0 radical (unpaired) electrons. The van der Waals surface area contributed by atoms with E-state index in [0.29, 0.717) is 67.5 Å². The first kappa shape index (κ1) is 26.6. The van der Waals surface area contributed by atoms with Gasteiger partial charge in [-0.3, -0.25) is 4.90 Å². The molecule has 1 aromatic carbocycles. The normalized spacial score (nSPS) is 14.7. The summed E-state index contributed by atoms with van der Waals surface area (Å²) in [6.07, 6.45) is 3.26. The molecule has 1 aliphatic heterocycles. The van der Waals surface area contributed by atoms with Crippen molar-refractivity contribution in [3.63, 3.8) is 0 Å². The second-order valence-electron chi connectivity index (χ2n) is 8.94. The lowest BCUT2D eigenvalue weighted by atomic mass is 10.3. The summed E-state index contributed by atoms with van der Waals surface area (Å²) in [7, 11) is -3.60. The maximum Gasteiger partial charge on any atom is 0.243 e. The Bertz CT molecular complexity index is 1530. The van der Waals surface area contributed by atoms with E-state index in [-0.39, 0.29) is 11.5 Å². The SMILES string of the molecule is Cc1cccc(-c2nccc(Nc3ccnc(Nc4ccc(S(=O)(=O)N5CCN(CCO)CC5)cc4)n3)n2)n1. The van der Waals surface area contributed by atoms with Crippen molar-refractivity contribution in [2.24, 2.45) is 0 Å². The highest BCUT2D eigenvalue weighted by molar-refractivity contribution is 7.89. The molecule has 202 valence electrons. The van der Waals surface area contributed by atoms with E-state index < -0.39 is 10.0 Å². The highest BCUT2D eigenvalue weighted by Gasteiger charge is 2.28. The molecule has 0 saturated carbocycles. The number of sulfonamides is 1. The predicted molar refractivity (Wildman–Crippen MR) is 147 cm³/mol. The second-order valence-corrected chi connectivity index (χ2v) is 10.9. The molecule has 1 fully saturated rings. The first-order valence-corrected chi connectivity index (χ1v) is 13.9. The van der Waals surface area contributed by atoms with Crippen molar-refractivity contribution in [2.45, 2.75) is 11.8 Å². The fraction of sp³-hybridized carbons (Fsp3) is 0.269. The lowest BCUT2D eigenvalue weighted by Crippen LogP contribution is -2.49. The van der Waals surface area contributed by atoms with Crippen molar-refractivity contribution in [3.8, 4) is 11.5 Å². The summed E-state index contributed by atoms with van der Waals surface area (Å²) in [6, 6.07) is 15.6. The van der Waals surface area contributed by atoms with E-state index in [1.807, 2.05) is 30.0 Å². The number of rotatable bonds is 9. The van der Waals surface area contributed by atoms with Crippen LogP contribution in [0.3, 0.4) is 0 Å². The molecule has 0 aliphatic carbocycles. The molecule has 0 atom stereocenters. The van der Waals surface area contributed by atoms with Gasteiger partial charge in [0.1, 0.15) is 17.3 Å². The largest absolute Gasteiger partial charge is 0.395 e. The number of hydrogen-bond acceptors (Lipinski definition) is 11. The number of benzene rings is 1. The van der Waals surface area contributed by atoms with E-state index >= 15 is 0 Å². The Kier molecular flexibility index (Phi) is 8.02. The fourth-order valence-corrected chi connectivity index (χ4v) is 5.58. The number of piperazine rings is 1. The number of nitrogens with zero attached hydrogens (tertiary/aromatic N) is 7. The molecule has 0 spiro atoms. The minimum absolute atomic E-state index is 0.0666. The zero-order chi connectivity index (χ0) is 27.2. The molecule has 0 bridgehead atoms. The Morgan fingerprint density at radius 1 is 0.846 bits per heavy atom. The van der Waals surface area contributed by atoms with Crippen LogP contribution in [0.15, 0.2) is 71.9 Å². The number of pyridine rings is 1. The van der Waals surface area contributed by atoms with Crippen LogP contribution in [0.1, 0.15) is 5.69 Å². The highest BCUT2D eigenvalue weighted by Crippen LogP contribution is 2.22. The van der Waals surface area contributed by atoms with Gasteiger partial charge in [-0.25, -0.2) is 28.4 Å². The maximum absolute atomic E-state index is 13.1. The van der Waals surface area contributed by atoms with Crippen LogP contribution in [0, 0.1) is 6.92 Å². The van der Waals surface area contributed by atoms with Crippen molar-refractivity contribution in [2.75, 3.05) is 50.0 Å². The molecule has 1 saturated heterocycles. The number of aryl methyl sites for hydroxylation is 1. The minimum Gasteiger partial charge on any atom is -0.395 e. The Labute approximate surface area is 226 Å². The monoisotopic (exact) mass is 547 g/mol. The number of aromatic nitrogens is 5. The van der Waals surface area contributed by atoms with Crippen LogP contribution in [-0.4, -0.2) is 87.0 Å². The summed E-state index contributed by atoms with van der Waals surface area (Å²) in [5.74, 6) is 1.91. The first-order chi connectivity index (χ1) is 18.9. The summed E-state index contributed by atoms with van der Waals surface area (Å²) in [4.78, 5) is 24.3. The van der Waals surface area contributed by atoms with Crippen LogP contribution in [0.4, 0.5) is 23.3 Å². The van der Waals surface area contributed by atoms with E-state index in [2.05, 4.69) is 35.6 Å². The molecule has 4 heterocycles. The molecule has 0 unspecified atom stereocenters. The van der Waals surface area contributed by atoms with Crippen molar-refractivity contribution < 1.29 is 13.5 Å². The van der Waals surface area contributed by atoms with Gasteiger partial charge in [0.2, 0.25) is 16.0 Å². The number of nitrogens with one attached hydrogen (secondary N) is 2. The first-order valence-electron chi connectivity index (χ1n) is 12.5. The minimum atomic E-state index is -3.60. The third kappa shape index (κ3) is 6.52. The molecular formula is C26H29N9O3S. The number of aliphatic hydroxyl groups is 1. The molecule has 12 nitrogen and oxygen atoms in total. The van der Waals surface area contributed by atoms with Gasteiger partial charge in [-0.1, -0.05) is 6.07 Å². The molecule has 0 amide bonds. The summed E-state index contributed by atoms with van der Waals surface area (Å²) in [5.41, 5.74) is 2.20. The van der Waals surface area contributed by atoms with E-state index in [0.717, 1.165) is 5.69 Å². The van der Waals surface area contributed by atoms with Gasteiger partial charge in [-0.15, -0.1) is 0 Å². The van der Waals surface area contributed by atoms with Crippen molar-refractivity contribution in [3.05, 3.63) is 72.7 Å². The van der Waals surface area contributed by atoms with Gasteiger partial charge in [0.05, 0.1) is 11.5 Å². The summed E-state index contributed by atoms with van der Waals surface area (Å²) < 4.78 is 27.6. The highest BCUT2D eigenvalue weighted by atomic mass is 32.2. The Balaban J connectivity index is 1.24. The maximum atomic E-state index is 13.1. The molecule has 13 heteroatoms. The average molecular weight is 548 g/mol. The van der Waals surface area contributed by atoms with E-state index in [4.69, 9.17) is 5.11 Å². The van der Waals surface area contributed by atoms with E-state index in [1.54, 1.807) is 48.8 Å². The molecule has 3 aromatic heterocycles. The van der Waals surface area contributed by atoms with Crippen LogP contribution in [0.2, 0.25) is 0 Å². The van der Waals surface area contributed by atoms with Gasteiger partial charge >= 0.3 is 0 Å². The van der Waals surface area contributed by atoms with Gasteiger partial charge in [-0.2, -0.15) is 9.29 Å². The second kappa shape index (κ2) is 11.8. The third-order valence-corrected chi connectivity index (χ3v) is 8.09. The Hall–Kier alpha value is -4.04. The fourth-order valence-electron chi connectivity index (χ4n) is 4.16. The zero-order valence-corrected chi connectivity index (χ0v) is 22.2. The molecule has 39 heavy (non-hydrogen) atoms. The number of anilines is 4. The van der Waals surface area contributed by atoms with Crippen molar-refractivity contribution in [1.82, 2.24) is 34.1 Å². The van der Waals surface area contributed by atoms with Crippen LogP contribution in [0.5, 0.6) is 0 Å². The van der Waals surface area contributed by atoms with Crippen LogP contribution in [0.25, 0.3) is 11.5 Å². The third-order valence-electron chi connectivity index (χ3n) is 6.18. The van der Waals surface area contributed by atoms with E-state index in [1.165, 1.54) is 4.31 Å². The zero-order valence-electron chi connectivity index (χ0n) is 21.4. The quantitative estimate of drug-likeness (QED) is 0.284. The van der Waals surface area contributed by atoms with Gasteiger partial charge in [0, 0.05) is 56.5 Å². The molecule has 4 aromatic rings. The van der Waals surface area contributed by atoms with Crippen LogP contribution in [-0.2, 0) is 10.0 Å². The van der Waals surface area contributed by atoms with Gasteiger partial charge in [0.15, 0.2) is 5.82 Å². The molecular weight excluding hydrogens is 518 g/mol. The molecule has 1 aliphatic rings. The smallest absolute Gasteiger partial charge is 0.243 e. The van der Waals surface area contributed by atoms with Crippen molar-refractivity contribution in [1.29, 1.82) is 0 Å². The van der Waals surface area contributed by atoms with Gasteiger partial charge in [0.25, 0.3) is 0 Å². The summed E-state index contributed by atoms with van der Waals surface area (Å²) >= 11 is 0. The van der Waals surface area contributed by atoms with Crippen LogP contribution < -0.4 is 10.6 Å². The standard InChI is InChI=1S/C26H29N9O3S/c1-19-3-2-4-22(29-19)25-27-11-9-23(32-25)31-24-10-12-28-26(33-24)30-20-5-7-21(8-6-20)39(37,38)35-15-13-34(14-16-35)17-18-36/h2-12,36H,13-18H2,1H3,(H2,27,28,30,31,32,33). The van der Waals surface area contributed by atoms with Crippen molar-refractivity contribution >= 4 is 33.3 Å². The molecule has 5 rings (SSSR count). The summed E-state index contributed by atoms with van der Waals surface area (Å²) in [5, 5.41) is 15.4. The van der Waals surface area contributed by atoms with Gasteiger partial charge in [-0.05, 0) is 55.5 Å².